The van der Waals surface area contributed by atoms with Crippen molar-refractivity contribution < 1.29 is 14.4 Å². The second-order valence-electron chi connectivity index (χ2n) is 10.5. The summed E-state index contributed by atoms with van der Waals surface area (Å²) >= 11 is 0. The third-order valence-corrected chi connectivity index (χ3v) is 17.6. The van der Waals surface area contributed by atoms with E-state index in [4.69, 9.17) is 4.84 Å². The molecule has 1 aliphatic rings. The van der Waals surface area contributed by atoms with Gasteiger partial charge in [-0.3, -0.25) is 0 Å². The molecule has 0 heterocycles. The van der Waals surface area contributed by atoms with Crippen LogP contribution in [0.5, 0.6) is 0 Å². The Balaban J connectivity index is 3.26. The van der Waals surface area contributed by atoms with Gasteiger partial charge in [-0.2, -0.15) is 0 Å². The minimum Gasteiger partial charge on any atom is -0.399 e. The van der Waals surface area contributed by atoms with Gasteiger partial charge in [0.1, 0.15) is 34.1 Å². The Kier molecular flexibility index (Phi) is 6.03. The van der Waals surface area contributed by atoms with E-state index in [9.17, 15) is 9.59 Å². The summed E-state index contributed by atoms with van der Waals surface area (Å²) in [5, 5.41) is 4.57. The van der Waals surface area contributed by atoms with Crippen molar-refractivity contribution in [3.05, 3.63) is 0 Å². The first-order valence-corrected chi connectivity index (χ1v) is 15.2. The maximum atomic E-state index is 13.5. The molecule has 6 heteroatoms. The van der Waals surface area contributed by atoms with Gasteiger partial charge in [0.05, 0.1) is 11.6 Å². The number of hydrogen-bond acceptors (Lipinski definition) is 4. The predicted octanol–water partition coefficient (Wildman–Crippen LogP) is 4.86. The molecule has 25 heavy (non-hydrogen) atoms. The normalized spacial score (nSPS) is 24.0. The summed E-state index contributed by atoms with van der Waals surface area (Å²) in [6, 6.07) is 0. The zero-order valence-corrected chi connectivity index (χ0v) is 20.0. The lowest BCUT2D eigenvalue weighted by Crippen LogP contribution is -2.62. The number of hydrogen-bond donors (Lipinski definition) is 0. The topological polar surface area (TPSA) is 55.7 Å². The molecule has 0 aromatic rings. The molecule has 2 atom stereocenters. The van der Waals surface area contributed by atoms with Gasteiger partial charge in [0.2, 0.25) is 0 Å². The van der Waals surface area contributed by atoms with Crippen molar-refractivity contribution in [3.63, 3.8) is 0 Å². The fourth-order valence-electron chi connectivity index (χ4n) is 2.92. The molecular formula is C19H37NO3Si2. The number of rotatable bonds is 5. The van der Waals surface area contributed by atoms with Gasteiger partial charge >= 0.3 is 0 Å². The molecule has 0 radical (unpaired) electrons. The van der Waals surface area contributed by atoms with Crippen LogP contribution in [0.25, 0.3) is 0 Å². The first-order valence-electron chi connectivity index (χ1n) is 9.18. The van der Waals surface area contributed by atoms with Crippen molar-refractivity contribution >= 4 is 32.7 Å². The molecule has 1 saturated carbocycles. The zero-order chi connectivity index (χ0) is 20.0. The van der Waals surface area contributed by atoms with Gasteiger partial charge in [-0.15, -0.1) is 0 Å². The van der Waals surface area contributed by atoms with E-state index in [2.05, 4.69) is 72.9 Å². The summed E-state index contributed by atoms with van der Waals surface area (Å²) in [6.07, 6.45) is 0.574. The van der Waals surface area contributed by atoms with E-state index in [1.807, 2.05) is 0 Å². The molecule has 0 N–H and O–H groups in total. The van der Waals surface area contributed by atoms with Crippen molar-refractivity contribution in [3.8, 4) is 0 Å². The zero-order valence-electron chi connectivity index (χ0n) is 18.0. The second kappa shape index (κ2) is 6.76. The highest BCUT2D eigenvalue weighted by Crippen LogP contribution is 2.47. The van der Waals surface area contributed by atoms with Gasteiger partial charge in [0.15, 0.2) is 0 Å². The molecule has 1 rings (SSSR count). The molecule has 0 aliphatic heterocycles. The third-order valence-electron chi connectivity index (χ3n) is 7.00. The standard InChI is InChI=1S/C19H37NO3Si2/c1-18(2,3)24(8,9)16(21)13-12-14(20-23-7)15(13)17(22)25(10,11)19(4,5)6/h13,15H,12H2,1-11H3. The molecule has 4 nitrogen and oxygen atoms in total. The van der Waals surface area contributed by atoms with Gasteiger partial charge in [0, 0.05) is 12.3 Å². The van der Waals surface area contributed by atoms with Gasteiger partial charge in [0.25, 0.3) is 0 Å². The van der Waals surface area contributed by atoms with E-state index in [1.165, 1.54) is 7.11 Å². The van der Waals surface area contributed by atoms with Crippen molar-refractivity contribution in [1.82, 2.24) is 0 Å². The van der Waals surface area contributed by atoms with Crippen LogP contribution in [-0.2, 0) is 14.4 Å². The highest BCUT2D eigenvalue weighted by atomic mass is 28.3. The molecule has 1 aliphatic carbocycles. The van der Waals surface area contributed by atoms with Crippen LogP contribution < -0.4 is 0 Å². The van der Waals surface area contributed by atoms with Crippen LogP contribution >= 0.6 is 0 Å². The van der Waals surface area contributed by atoms with E-state index in [0.717, 1.165) is 5.71 Å². The van der Waals surface area contributed by atoms with E-state index < -0.39 is 16.1 Å². The van der Waals surface area contributed by atoms with E-state index >= 15 is 0 Å². The van der Waals surface area contributed by atoms with Crippen molar-refractivity contribution in [1.29, 1.82) is 0 Å². The summed E-state index contributed by atoms with van der Waals surface area (Å²) in [4.78, 5) is 31.8. The average Bonchev–Trinajstić information content (AvgIpc) is 2.39. The lowest BCUT2D eigenvalue weighted by Gasteiger charge is -2.47. The summed E-state index contributed by atoms with van der Waals surface area (Å²) in [5.41, 5.74) is 0.759. The Bertz CT molecular complexity index is 580. The highest BCUT2D eigenvalue weighted by Gasteiger charge is 2.58. The fourth-order valence-corrected chi connectivity index (χ4v) is 6.74. The Morgan fingerprint density at radius 3 is 1.68 bits per heavy atom. The summed E-state index contributed by atoms with van der Waals surface area (Å²) < 4.78 is 0. The van der Waals surface area contributed by atoms with Gasteiger partial charge in [-0.25, -0.2) is 0 Å². The molecule has 0 aromatic heterocycles. The van der Waals surface area contributed by atoms with Crippen molar-refractivity contribution in [2.75, 3.05) is 7.11 Å². The Morgan fingerprint density at radius 1 is 0.920 bits per heavy atom. The Morgan fingerprint density at radius 2 is 1.32 bits per heavy atom. The lowest BCUT2D eigenvalue weighted by molar-refractivity contribution is -0.124. The van der Waals surface area contributed by atoms with Crippen LogP contribution in [0.4, 0.5) is 0 Å². The molecule has 0 bridgehead atoms. The highest BCUT2D eigenvalue weighted by molar-refractivity contribution is 7.08. The molecule has 0 amide bonds. The van der Waals surface area contributed by atoms with Crippen LogP contribution in [0.1, 0.15) is 48.0 Å². The van der Waals surface area contributed by atoms with Gasteiger partial charge in [-0.05, 0) is 10.1 Å². The van der Waals surface area contributed by atoms with E-state index in [-0.39, 0.29) is 27.3 Å². The van der Waals surface area contributed by atoms with Crippen molar-refractivity contribution in [2.45, 2.75) is 84.2 Å². The maximum Gasteiger partial charge on any atom is 0.133 e. The molecule has 0 saturated heterocycles. The molecule has 0 spiro atoms. The molecule has 144 valence electrons. The first kappa shape index (κ1) is 22.3. The van der Waals surface area contributed by atoms with Crippen LogP contribution in [-0.4, -0.2) is 39.8 Å². The lowest BCUT2D eigenvalue weighted by atomic mass is 9.73. The molecule has 2 unspecified atom stereocenters. The van der Waals surface area contributed by atoms with E-state index in [0.29, 0.717) is 11.8 Å². The third kappa shape index (κ3) is 3.84. The Labute approximate surface area is 155 Å². The van der Waals surface area contributed by atoms with Gasteiger partial charge in [-0.1, -0.05) is 72.9 Å². The monoisotopic (exact) mass is 383 g/mol. The largest absolute Gasteiger partial charge is 0.399 e. The minimum absolute atomic E-state index is 0.0250. The number of nitrogens with zero attached hydrogens (tertiary/aromatic N) is 1. The SMILES string of the molecule is CON=C1CC(C(=O)[Si](C)(C)C(C)(C)C)C1C(=O)[Si](C)(C)C(C)(C)C. The smallest absolute Gasteiger partial charge is 0.133 e. The number of oxime groups is 1. The number of carbonyl (C=O) groups excluding carboxylic acids is 2. The summed E-state index contributed by atoms with van der Waals surface area (Å²) in [5.74, 6) is -0.584. The van der Waals surface area contributed by atoms with Crippen LogP contribution in [0.2, 0.25) is 36.3 Å². The quantitative estimate of drug-likeness (QED) is 0.503. The first-order chi connectivity index (χ1) is 11.0. The molecule has 0 aromatic carbocycles. The van der Waals surface area contributed by atoms with Crippen molar-refractivity contribution in [2.24, 2.45) is 17.0 Å². The number of carbonyl (C=O) groups is 2. The van der Waals surface area contributed by atoms with Crippen LogP contribution in [0.15, 0.2) is 5.16 Å². The minimum atomic E-state index is -2.22. The van der Waals surface area contributed by atoms with E-state index in [1.54, 1.807) is 0 Å². The van der Waals surface area contributed by atoms with Crippen LogP contribution in [0, 0.1) is 11.8 Å². The molecule has 1 fully saturated rings. The average molecular weight is 384 g/mol. The van der Waals surface area contributed by atoms with Crippen LogP contribution in [0.3, 0.4) is 0 Å². The second-order valence-corrected chi connectivity index (χ2v) is 21.0. The molecular weight excluding hydrogens is 346 g/mol. The van der Waals surface area contributed by atoms with Gasteiger partial charge < -0.3 is 14.4 Å². The predicted molar refractivity (Wildman–Crippen MR) is 110 cm³/mol. The fraction of sp³-hybridized carbons (Fsp3) is 0.842. The Hall–Kier alpha value is -0.756. The summed E-state index contributed by atoms with van der Waals surface area (Å²) in [6.45, 7) is 21.3. The maximum absolute atomic E-state index is 13.5. The summed E-state index contributed by atoms with van der Waals surface area (Å²) in [7, 11) is -2.87.